The smallest absolute Gasteiger partial charge is 0.416 e. The average Bonchev–Trinajstić information content (AvgIpc) is 2.95. The minimum Gasteiger partial charge on any atom is -0.439 e. The molecule has 0 N–H and O–H groups in total. The van der Waals surface area contributed by atoms with Gasteiger partial charge in [0.2, 0.25) is 0 Å². The first kappa shape index (κ1) is 25.2. The Labute approximate surface area is 189 Å². The Bertz CT molecular complexity index is 1030. The monoisotopic (exact) mass is 549 g/mol. The Morgan fingerprint density at radius 2 is 1.36 bits per heavy atom. The molecule has 0 radical (unpaired) electrons. The van der Waals surface area contributed by atoms with Crippen molar-refractivity contribution >= 4 is 22.0 Å². The maximum atomic E-state index is 13.2. The zero-order valence-electron chi connectivity index (χ0n) is 16.4. The first-order chi connectivity index (χ1) is 15.0. The van der Waals surface area contributed by atoms with Crippen molar-refractivity contribution in [2.45, 2.75) is 44.1 Å². The molecule has 0 aromatic heterocycles. The molecule has 1 aliphatic heterocycles. The molecule has 0 unspecified atom stereocenters. The van der Waals surface area contributed by atoms with E-state index in [4.69, 9.17) is 4.74 Å². The standard InChI is InChI=1S/C20H13BrF9NO2/c1-9-16(10-4-13(19(25,26)27)7-14(5-10)20(28,29)30)33-17(32)31(9)8-11-6-12(18(22,23)24)2-3-15(11)21/h2-7,9,16H,8H2,1H3/t9-,16-/m0/s1. The Kier molecular flexibility index (Phi) is 6.42. The van der Waals surface area contributed by atoms with Crippen LogP contribution in [0.3, 0.4) is 0 Å². The molecule has 0 saturated carbocycles. The van der Waals surface area contributed by atoms with Crippen LogP contribution >= 0.6 is 15.9 Å². The third-order valence-corrected chi connectivity index (χ3v) is 5.82. The van der Waals surface area contributed by atoms with Gasteiger partial charge in [-0.15, -0.1) is 0 Å². The summed E-state index contributed by atoms with van der Waals surface area (Å²) >= 11 is 3.07. The molecule has 0 bridgehead atoms. The van der Waals surface area contributed by atoms with Crippen LogP contribution in [0.1, 0.15) is 40.8 Å². The van der Waals surface area contributed by atoms with Crippen LogP contribution in [0.4, 0.5) is 44.3 Å². The Morgan fingerprint density at radius 3 is 1.85 bits per heavy atom. The highest BCUT2D eigenvalue weighted by Crippen LogP contribution is 2.41. The maximum Gasteiger partial charge on any atom is 0.416 e. The van der Waals surface area contributed by atoms with E-state index in [0.29, 0.717) is 12.1 Å². The third kappa shape index (κ3) is 5.39. The molecular formula is C20H13BrF9NO2. The van der Waals surface area contributed by atoms with Crippen LogP contribution in [0.25, 0.3) is 0 Å². The van der Waals surface area contributed by atoms with E-state index in [9.17, 15) is 44.3 Å². The van der Waals surface area contributed by atoms with Crippen molar-refractivity contribution in [1.29, 1.82) is 0 Å². The molecule has 1 fully saturated rings. The lowest BCUT2D eigenvalue weighted by Gasteiger charge is -2.23. The third-order valence-electron chi connectivity index (χ3n) is 5.04. The fraction of sp³-hybridized carbons (Fsp3) is 0.350. The number of ether oxygens (including phenoxy) is 1. The normalized spacial score (nSPS) is 19.7. The zero-order chi connectivity index (χ0) is 24.9. The largest absolute Gasteiger partial charge is 0.439 e. The van der Waals surface area contributed by atoms with Gasteiger partial charge in [0, 0.05) is 4.47 Å². The molecule has 2 atom stereocenters. The summed E-state index contributed by atoms with van der Waals surface area (Å²) in [4.78, 5) is 13.3. The minimum atomic E-state index is -5.09. The van der Waals surface area contributed by atoms with Crippen molar-refractivity contribution in [1.82, 2.24) is 4.90 Å². The number of halogens is 10. The summed E-state index contributed by atoms with van der Waals surface area (Å²) in [6.07, 6.45) is -17.5. The molecule has 3 rings (SSSR count). The predicted octanol–water partition coefficient (Wildman–Crippen LogP) is 7.59. The number of amides is 1. The summed E-state index contributed by atoms with van der Waals surface area (Å²) in [6.45, 7) is 0.886. The van der Waals surface area contributed by atoms with Gasteiger partial charge in [-0.1, -0.05) is 15.9 Å². The first-order valence-electron chi connectivity index (χ1n) is 9.10. The van der Waals surface area contributed by atoms with E-state index in [1.165, 1.54) is 6.92 Å². The van der Waals surface area contributed by atoms with E-state index in [1.54, 1.807) is 0 Å². The van der Waals surface area contributed by atoms with Crippen LogP contribution in [0.15, 0.2) is 40.9 Å². The summed E-state index contributed by atoms with van der Waals surface area (Å²) in [5, 5.41) is 0. The van der Waals surface area contributed by atoms with Crippen molar-refractivity contribution in [2.24, 2.45) is 0 Å². The SMILES string of the molecule is C[C@H]1[C@@H](c2cc(C(F)(F)F)cc(C(F)(F)F)c2)OC(=O)N1Cc1cc(C(F)(F)F)ccc1Br. The fourth-order valence-electron chi connectivity index (χ4n) is 3.36. The first-order valence-corrected chi connectivity index (χ1v) is 9.90. The average molecular weight is 550 g/mol. The second-order valence-electron chi connectivity index (χ2n) is 7.32. The molecule has 2 aromatic rings. The van der Waals surface area contributed by atoms with Gasteiger partial charge in [0.25, 0.3) is 0 Å². The lowest BCUT2D eigenvalue weighted by atomic mass is 9.97. The summed E-state index contributed by atoms with van der Waals surface area (Å²) in [5.74, 6) is 0. The maximum absolute atomic E-state index is 13.2. The topological polar surface area (TPSA) is 29.5 Å². The second kappa shape index (κ2) is 8.41. The van der Waals surface area contributed by atoms with E-state index >= 15 is 0 Å². The Morgan fingerprint density at radius 1 is 0.848 bits per heavy atom. The van der Waals surface area contributed by atoms with Crippen molar-refractivity contribution in [3.8, 4) is 0 Å². The van der Waals surface area contributed by atoms with Crippen molar-refractivity contribution in [3.63, 3.8) is 0 Å². The van der Waals surface area contributed by atoms with E-state index in [-0.39, 0.29) is 16.1 Å². The van der Waals surface area contributed by atoms with Crippen LogP contribution in [0.5, 0.6) is 0 Å². The molecule has 1 heterocycles. The summed E-state index contributed by atoms with van der Waals surface area (Å²) < 4.78 is 123. The van der Waals surface area contributed by atoms with Crippen LogP contribution in [-0.2, 0) is 29.8 Å². The molecule has 0 aliphatic carbocycles. The highest BCUT2D eigenvalue weighted by atomic mass is 79.9. The zero-order valence-corrected chi connectivity index (χ0v) is 18.0. The van der Waals surface area contributed by atoms with Gasteiger partial charge in [-0.05, 0) is 54.4 Å². The summed E-state index contributed by atoms with van der Waals surface area (Å²) in [7, 11) is 0. The second-order valence-corrected chi connectivity index (χ2v) is 8.17. The molecule has 0 spiro atoms. The molecule has 3 nitrogen and oxygen atoms in total. The number of hydrogen-bond donors (Lipinski definition) is 0. The molecular weight excluding hydrogens is 537 g/mol. The quantitative estimate of drug-likeness (QED) is 0.369. The molecule has 1 amide bonds. The molecule has 33 heavy (non-hydrogen) atoms. The molecule has 13 heteroatoms. The van der Waals surface area contributed by atoms with Crippen molar-refractivity contribution in [2.75, 3.05) is 0 Å². The number of hydrogen-bond acceptors (Lipinski definition) is 2. The van der Waals surface area contributed by atoms with Crippen LogP contribution in [0.2, 0.25) is 0 Å². The van der Waals surface area contributed by atoms with Gasteiger partial charge in [0.15, 0.2) is 0 Å². The Hall–Kier alpha value is -2.44. The number of cyclic esters (lactones) is 1. The van der Waals surface area contributed by atoms with E-state index in [1.807, 2.05) is 0 Å². The van der Waals surface area contributed by atoms with Gasteiger partial charge in [0.05, 0.1) is 29.3 Å². The lowest BCUT2D eigenvalue weighted by Crippen LogP contribution is -2.31. The molecule has 2 aromatic carbocycles. The number of carbonyl (C=O) groups is 1. The number of nitrogens with zero attached hydrogens (tertiary/aromatic N) is 1. The number of carbonyl (C=O) groups excluding carboxylic acids is 1. The Balaban J connectivity index is 1.96. The van der Waals surface area contributed by atoms with Crippen LogP contribution in [-0.4, -0.2) is 17.0 Å². The number of alkyl halides is 9. The minimum absolute atomic E-state index is 0.0225. The van der Waals surface area contributed by atoms with Gasteiger partial charge in [-0.2, -0.15) is 39.5 Å². The number of rotatable bonds is 3. The highest BCUT2D eigenvalue weighted by molar-refractivity contribution is 9.10. The van der Waals surface area contributed by atoms with Gasteiger partial charge in [-0.25, -0.2) is 4.79 Å². The van der Waals surface area contributed by atoms with E-state index < -0.39 is 65.6 Å². The number of benzene rings is 2. The van der Waals surface area contributed by atoms with Crippen molar-refractivity contribution in [3.05, 3.63) is 68.7 Å². The molecule has 1 saturated heterocycles. The predicted molar refractivity (Wildman–Crippen MR) is 99.8 cm³/mol. The van der Waals surface area contributed by atoms with Gasteiger partial charge in [-0.3, -0.25) is 4.90 Å². The summed E-state index contributed by atoms with van der Waals surface area (Å²) in [6, 6.07) is 2.48. The van der Waals surface area contributed by atoms with Crippen molar-refractivity contribution < 1.29 is 49.0 Å². The van der Waals surface area contributed by atoms with E-state index in [0.717, 1.165) is 23.1 Å². The van der Waals surface area contributed by atoms with Gasteiger partial charge >= 0.3 is 24.6 Å². The molecule has 1 aliphatic rings. The summed E-state index contributed by atoms with van der Waals surface area (Å²) in [5.41, 5.74) is -4.66. The highest BCUT2D eigenvalue weighted by Gasteiger charge is 2.43. The lowest BCUT2D eigenvalue weighted by molar-refractivity contribution is -0.143. The van der Waals surface area contributed by atoms with Crippen LogP contribution < -0.4 is 0 Å². The fourth-order valence-corrected chi connectivity index (χ4v) is 3.73. The molecule has 180 valence electrons. The van der Waals surface area contributed by atoms with Gasteiger partial charge < -0.3 is 4.74 Å². The van der Waals surface area contributed by atoms with Crippen LogP contribution in [0, 0.1) is 0 Å². The van der Waals surface area contributed by atoms with E-state index in [2.05, 4.69) is 15.9 Å². The van der Waals surface area contributed by atoms with Gasteiger partial charge in [0.1, 0.15) is 6.10 Å².